The molecule has 0 aromatic carbocycles. The van der Waals surface area contributed by atoms with E-state index in [1.54, 1.807) is 0 Å². The number of carbonyl (C=O) groups excluding carboxylic acids is 2. The number of ether oxygens (including phenoxy) is 1. The van der Waals surface area contributed by atoms with E-state index in [1.807, 2.05) is 0 Å². The Morgan fingerprint density at radius 1 is 0.293 bits per heavy atom. The summed E-state index contributed by atoms with van der Waals surface area (Å²) in [5.74, 6) is -0.00582. The first-order valence-corrected chi connectivity index (χ1v) is 42.6. The van der Waals surface area contributed by atoms with E-state index in [4.69, 9.17) is 4.74 Å². The molecule has 0 fully saturated rings. The minimum atomic E-state index is -0.662. The van der Waals surface area contributed by atoms with Crippen molar-refractivity contribution in [3.63, 3.8) is 0 Å². The van der Waals surface area contributed by atoms with Crippen LogP contribution < -0.4 is 5.32 Å². The molecule has 0 aliphatic rings. The fourth-order valence-corrected chi connectivity index (χ4v) is 13.8. The molecule has 6 nitrogen and oxygen atoms in total. The van der Waals surface area contributed by atoms with Crippen LogP contribution in [-0.2, 0) is 14.3 Å². The van der Waals surface area contributed by atoms with E-state index in [0.29, 0.717) is 25.9 Å². The number of amides is 1. The molecule has 0 spiro atoms. The number of rotatable bonds is 81. The Bertz CT molecular complexity index is 1450. The van der Waals surface area contributed by atoms with Gasteiger partial charge < -0.3 is 20.3 Å². The molecule has 546 valence electrons. The third-order valence-electron chi connectivity index (χ3n) is 20.2. The predicted octanol–water partition coefficient (Wildman–Crippen LogP) is 28.4. The highest BCUT2D eigenvalue weighted by molar-refractivity contribution is 5.76. The predicted molar refractivity (Wildman–Crippen MR) is 407 cm³/mol. The molecule has 0 aromatic rings. The molecular weight excluding hydrogens is 1130 g/mol. The first-order chi connectivity index (χ1) is 45.5. The minimum Gasteiger partial charge on any atom is -0.466 e. The van der Waals surface area contributed by atoms with Crippen molar-refractivity contribution in [3.8, 4) is 0 Å². The van der Waals surface area contributed by atoms with Gasteiger partial charge in [0.15, 0.2) is 0 Å². The second-order valence-electron chi connectivity index (χ2n) is 29.5. The van der Waals surface area contributed by atoms with Crippen molar-refractivity contribution in [1.82, 2.24) is 5.32 Å². The zero-order valence-corrected chi connectivity index (χ0v) is 62.8. The number of esters is 1. The van der Waals surface area contributed by atoms with E-state index in [1.165, 1.54) is 417 Å². The highest BCUT2D eigenvalue weighted by atomic mass is 16.5. The minimum absolute atomic E-state index is 0.0197. The van der Waals surface area contributed by atoms with Crippen molar-refractivity contribution in [2.45, 2.75) is 501 Å². The number of allylic oxidation sites excluding steroid dienone is 4. The second-order valence-corrected chi connectivity index (χ2v) is 29.5. The van der Waals surface area contributed by atoms with Gasteiger partial charge in [0.1, 0.15) is 0 Å². The molecule has 0 rings (SSSR count). The van der Waals surface area contributed by atoms with E-state index in [2.05, 4.69) is 43.5 Å². The fourth-order valence-electron chi connectivity index (χ4n) is 13.8. The van der Waals surface area contributed by atoms with Gasteiger partial charge in [-0.25, -0.2) is 0 Å². The zero-order chi connectivity index (χ0) is 66.3. The van der Waals surface area contributed by atoms with Gasteiger partial charge in [0.25, 0.3) is 0 Å². The van der Waals surface area contributed by atoms with Crippen molar-refractivity contribution in [3.05, 3.63) is 24.3 Å². The van der Waals surface area contributed by atoms with Crippen LogP contribution in [0.15, 0.2) is 24.3 Å². The van der Waals surface area contributed by atoms with E-state index in [0.717, 1.165) is 38.5 Å². The molecule has 0 aromatic heterocycles. The van der Waals surface area contributed by atoms with Crippen molar-refractivity contribution >= 4 is 11.9 Å². The Hall–Kier alpha value is -1.66. The maximum Gasteiger partial charge on any atom is 0.305 e. The largest absolute Gasteiger partial charge is 0.466 e. The van der Waals surface area contributed by atoms with E-state index >= 15 is 0 Å². The quantitative estimate of drug-likeness (QED) is 0.0320. The highest BCUT2D eigenvalue weighted by Gasteiger charge is 2.20. The summed E-state index contributed by atoms with van der Waals surface area (Å²) < 4.78 is 5.52. The number of aliphatic hydroxyl groups is 2. The molecule has 0 radical (unpaired) electrons. The highest BCUT2D eigenvalue weighted by Crippen LogP contribution is 2.21. The molecule has 0 heterocycles. The van der Waals surface area contributed by atoms with Crippen molar-refractivity contribution in [2.24, 2.45) is 0 Å². The van der Waals surface area contributed by atoms with Gasteiger partial charge in [-0.05, 0) is 77.0 Å². The Morgan fingerprint density at radius 3 is 0.772 bits per heavy atom. The van der Waals surface area contributed by atoms with Crippen molar-refractivity contribution < 1.29 is 24.5 Å². The van der Waals surface area contributed by atoms with Gasteiger partial charge in [0, 0.05) is 12.8 Å². The molecule has 1 amide bonds. The van der Waals surface area contributed by atoms with Gasteiger partial charge in [-0.1, -0.05) is 423 Å². The Balaban J connectivity index is 3.32. The first-order valence-electron chi connectivity index (χ1n) is 42.6. The lowest BCUT2D eigenvalue weighted by Crippen LogP contribution is -2.45. The number of hydrogen-bond acceptors (Lipinski definition) is 5. The van der Waals surface area contributed by atoms with Gasteiger partial charge in [-0.15, -0.1) is 0 Å². The molecule has 6 heteroatoms. The van der Waals surface area contributed by atoms with Crippen LogP contribution in [0.3, 0.4) is 0 Å². The van der Waals surface area contributed by atoms with Gasteiger partial charge in [-0.2, -0.15) is 0 Å². The van der Waals surface area contributed by atoms with Crippen molar-refractivity contribution in [2.75, 3.05) is 13.2 Å². The number of carbonyl (C=O) groups is 2. The maximum absolute atomic E-state index is 12.6. The summed E-state index contributed by atoms with van der Waals surface area (Å²) >= 11 is 0. The van der Waals surface area contributed by atoms with Gasteiger partial charge in [0.05, 0.1) is 25.4 Å². The summed E-state index contributed by atoms with van der Waals surface area (Å²) in [4.78, 5) is 24.7. The summed E-state index contributed by atoms with van der Waals surface area (Å²) in [5, 5.41) is 23.5. The topological polar surface area (TPSA) is 95.9 Å². The molecule has 3 N–H and O–H groups in total. The van der Waals surface area contributed by atoms with Crippen LogP contribution in [0.2, 0.25) is 0 Å². The molecule has 0 bridgehead atoms. The summed E-state index contributed by atoms with van der Waals surface area (Å²) in [6.45, 7) is 5.01. The lowest BCUT2D eigenvalue weighted by Gasteiger charge is -2.22. The Kier molecular flexibility index (Phi) is 80.3. The lowest BCUT2D eigenvalue weighted by atomic mass is 10.0. The summed E-state index contributed by atoms with van der Waals surface area (Å²) in [5.41, 5.74) is 0. The third kappa shape index (κ3) is 77.3. The molecule has 92 heavy (non-hydrogen) atoms. The van der Waals surface area contributed by atoms with Crippen LogP contribution in [0.1, 0.15) is 489 Å². The van der Waals surface area contributed by atoms with Crippen LogP contribution in [0, 0.1) is 0 Å². The van der Waals surface area contributed by atoms with E-state index in [-0.39, 0.29) is 18.5 Å². The van der Waals surface area contributed by atoms with E-state index < -0.39 is 12.1 Å². The Labute approximate surface area is 577 Å². The number of unbranched alkanes of at least 4 members (excludes halogenated alkanes) is 66. The van der Waals surface area contributed by atoms with Gasteiger partial charge in [-0.3, -0.25) is 9.59 Å². The lowest BCUT2D eigenvalue weighted by molar-refractivity contribution is -0.143. The second kappa shape index (κ2) is 81.8. The first kappa shape index (κ1) is 90.3. The normalized spacial score (nSPS) is 12.5. The van der Waals surface area contributed by atoms with Crippen LogP contribution in [-0.4, -0.2) is 47.4 Å². The molecule has 0 aliphatic heterocycles. The zero-order valence-electron chi connectivity index (χ0n) is 62.8. The molecule has 0 saturated carbocycles. The average Bonchev–Trinajstić information content (AvgIpc) is 3.77. The van der Waals surface area contributed by atoms with Crippen LogP contribution in [0.4, 0.5) is 0 Å². The smallest absolute Gasteiger partial charge is 0.305 e. The summed E-state index contributed by atoms with van der Waals surface area (Å²) in [7, 11) is 0. The Morgan fingerprint density at radius 2 is 0.511 bits per heavy atom. The van der Waals surface area contributed by atoms with Gasteiger partial charge >= 0.3 is 5.97 Å². The average molecular weight is 1300 g/mol. The molecule has 0 aliphatic carbocycles. The molecular formula is C86H167NO5. The van der Waals surface area contributed by atoms with Crippen LogP contribution in [0.25, 0.3) is 0 Å². The number of nitrogens with one attached hydrogen (secondary N) is 1. The number of hydrogen-bond donors (Lipinski definition) is 3. The molecule has 2 unspecified atom stereocenters. The standard InChI is InChI=1S/C86H167NO5/c1-3-5-7-9-11-13-15-17-19-21-23-43-46-50-54-58-62-66-70-74-78-84(89)83(82-88)87-85(90)79-75-71-67-63-59-55-51-47-44-41-39-37-35-33-31-29-27-25-24-26-28-30-32-34-36-38-40-42-45-49-53-57-61-65-69-73-77-81-92-86(91)80-76-72-68-64-60-56-52-48-22-20-18-16-14-12-10-8-6-4-2/h20,22,24,26,83-84,88-89H,3-19,21,23,25,27-82H2,1-2H3,(H,87,90)/b22-20-,26-24-. The fraction of sp³-hybridized carbons (Fsp3) is 0.930. The van der Waals surface area contributed by atoms with E-state index in [9.17, 15) is 19.8 Å². The SMILES string of the molecule is CCCCCCCCC/C=C\CCCCCCCCCC(=O)OCCCCCCCCCCCCCCCCCC/C=C\CCCCCCCCCCCCCCCCCCCC(=O)NC(CO)C(O)CCCCCCCCCCCCCCCCCCCCCC. The maximum atomic E-state index is 12.6. The number of aliphatic hydroxyl groups excluding tert-OH is 2. The monoisotopic (exact) mass is 1290 g/mol. The summed E-state index contributed by atoms with van der Waals surface area (Å²) in [6.07, 6.45) is 106. The summed E-state index contributed by atoms with van der Waals surface area (Å²) in [6, 6.07) is -0.539. The van der Waals surface area contributed by atoms with Gasteiger partial charge in [0.2, 0.25) is 5.91 Å². The molecule has 2 atom stereocenters. The van der Waals surface area contributed by atoms with Crippen LogP contribution in [0.5, 0.6) is 0 Å². The molecule has 0 saturated heterocycles. The van der Waals surface area contributed by atoms with Crippen molar-refractivity contribution in [1.29, 1.82) is 0 Å². The third-order valence-corrected chi connectivity index (χ3v) is 20.2. The van der Waals surface area contributed by atoms with Crippen LogP contribution >= 0.6 is 0 Å².